The Bertz CT molecular complexity index is 578. The van der Waals surface area contributed by atoms with Crippen molar-refractivity contribution in [1.82, 2.24) is 5.32 Å². The topological polar surface area (TPSA) is 12.0 Å². The number of aryl methyl sites for hydroxylation is 2. The van der Waals surface area contributed by atoms with Gasteiger partial charge in [-0.1, -0.05) is 18.2 Å². The number of hydrogen-bond donors (Lipinski definition) is 1. The van der Waals surface area contributed by atoms with Crippen molar-refractivity contribution in [1.29, 1.82) is 0 Å². The van der Waals surface area contributed by atoms with Gasteiger partial charge in [0.05, 0.1) is 7.57 Å². The minimum Gasteiger partial charge on any atom is -0.313 e. The normalized spacial score (nSPS) is 12.7. The Labute approximate surface area is 135 Å². The van der Waals surface area contributed by atoms with Crippen LogP contribution in [0, 0.1) is 13.8 Å². The predicted octanol–water partition coefficient (Wildman–Crippen LogP) is 5.39. The second kappa shape index (κ2) is 6.53. The van der Waals surface area contributed by atoms with Gasteiger partial charge in [-0.15, -0.1) is 11.3 Å². The Balaban J connectivity index is 2.23. The first-order valence-corrected chi connectivity index (χ1v) is 8.59. The van der Waals surface area contributed by atoms with E-state index in [2.05, 4.69) is 75.3 Å². The molecule has 1 atom stereocenters. The lowest BCUT2D eigenvalue weighted by molar-refractivity contribution is 0.591. The quantitative estimate of drug-likeness (QED) is 0.722. The zero-order valence-electron chi connectivity index (χ0n) is 11.3. The zero-order chi connectivity index (χ0) is 14.0. The van der Waals surface area contributed by atoms with Crippen molar-refractivity contribution in [2.75, 3.05) is 7.05 Å². The highest BCUT2D eigenvalue weighted by molar-refractivity contribution is 9.12. The molecule has 19 heavy (non-hydrogen) atoms. The molecule has 0 amide bonds. The fourth-order valence-electron chi connectivity index (χ4n) is 2.12. The third-order valence-corrected chi connectivity index (χ3v) is 5.80. The molecule has 0 aliphatic carbocycles. The van der Waals surface area contributed by atoms with Crippen molar-refractivity contribution in [3.05, 3.63) is 54.1 Å². The van der Waals surface area contributed by atoms with Gasteiger partial charge in [-0.05, 0) is 87.5 Å². The van der Waals surface area contributed by atoms with Crippen LogP contribution in [0.25, 0.3) is 0 Å². The Morgan fingerprint density at radius 1 is 1.16 bits per heavy atom. The highest BCUT2D eigenvalue weighted by atomic mass is 79.9. The number of hydrogen-bond acceptors (Lipinski definition) is 2. The molecule has 0 saturated carbocycles. The average molecular weight is 403 g/mol. The van der Waals surface area contributed by atoms with Gasteiger partial charge in [-0.2, -0.15) is 0 Å². The lowest BCUT2D eigenvalue weighted by Gasteiger charge is -2.16. The molecule has 2 aromatic rings. The molecule has 1 aromatic heterocycles. The van der Waals surface area contributed by atoms with E-state index in [1.54, 1.807) is 11.3 Å². The number of thiophene rings is 1. The molecule has 0 aliphatic heterocycles. The lowest BCUT2D eigenvalue weighted by Crippen LogP contribution is -2.18. The smallest absolute Gasteiger partial charge is 0.0758 e. The maximum Gasteiger partial charge on any atom is 0.0758 e. The first-order chi connectivity index (χ1) is 9.01. The van der Waals surface area contributed by atoms with Crippen LogP contribution in [0.4, 0.5) is 0 Å². The molecule has 4 heteroatoms. The van der Waals surface area contributed by atoms with E-state index in [4.69, 9.17) is 0 Å². The molecule has 0 fully saturated rings. The van der Waals surface area contributed by atoms with Gasteiger partial charge in [0.1, 0.15) is 0 Å². The molecule has 0 bridgehead atoms. The number of likely N-dealkylation sites (N-methyl/N-ethyl adjacent to an activating group) is 1. The summed E-state index contributed by atoms with van der Waals surface area (Å²) in [7, 11) is 2.02. The van der Waals surface area contributed by atoms with Crippen LogP contribution in [-0.2, 0) is 6.42 Å². The summed E-state index contributed by atoms with van der Waals surface area (Å²) in [5.41, 5.74) is 5.40. The summed E-state index contributed by atoms with van der Waals surface area (Å²) in [4.78, 5) is 0. The standard InChI is InChI=1S/C15H17Br2NS/c1-9-4-5-11(6-10(9)2)7-13(18-3)12-8-14(16)19-15(12)17/h4-6,8,13,18H,7H2,1-3H3. The summed E-state index contributed by atoms with van der Waals surface area (Å²) in [6.45, 7) is 4.32. The van der Waals surface area contributed by atoms with E-state index < -0.39 is 0 Å². The number of rotatable bonds is 4. The molecule has 1 nitrogen and oxygen atoms in total. The molecular weight excluding hydrogens is 386 g/mol. The second-order valence-corrected chi connectivity index (χ2v) is 8.49. The van der Waals surface area contributed by atoms with Crippen LogP contribution < -0.4 is 5.32 Å². The Hall–Kier alpha value is -0.160. The summed E-state index contributed by atoms with van der Waals surface area (Å²) >= 11 is 8.92. The highest BCUT2D eigenvalue weighted by Gasteiger charge is 2.16. The summed E-state index contributed by atoms with van der Waals surface area (Å²) in [5, 5.41) is 3.41. The molecule has 0 saturated heterocycles. The molecular formula is C15H17Br2NS. The van der Waals surface area contributed by atoms with Gasteiger partial charge in [-0.3, -0.25) is 0 Å². The molecule has 102 valence electrons. The summed E-state index contributed by atoms with van der Waals surface area (Å²) in [5.74, 6) is 0. The molecule has 1 unspecified atom stereocenters. The minimum absolute atomic E-state index is 0.332. The van der Waals surface area contributed by atoms with Gasteiger partial charge in [0.25, 0.3) is 0 Å². The van der Waals surface area contributed by atoms with Crippen molar-refractivity contribution in [3.63, 3.8) is 0 Å². The maximum atomic E-state index is 3.65. The largest absolute Gasteiger partial charge is 0.313 e. The van der Waals surface area contributed by atoms with Crippen LogP contribution in [0.5, 0.6) is 0 Å². The second-order valence-electron chi connectivity index (χ2n) is 4.74. The van der Waals surface area contributed by atoms with Gasteiger partial charge in [-0.25, -0.2) is 0 Å². The highest BCUT2D eigenvalue weighted by Crippen LogP contribution is 2.36. The van der Waals surface area contributed by atoms with E-state index >= 15 is 0 Å². The van der Waals surface area contributed by atoms with Gasteiger partial charge < -0.3 is 5.32 Å². The van der Waals surface area contributed by atoms with Crippen LogP contribution in [-0.4, -0.2) is 7.05 Å². The van der Waals surface area contributed by atoms with Crippen LogP contribution in [0.15, 0.2) is 31.8 Å². The van der Waals surface area contributed by atoms with E-state index in [9.17, 15) is 0 Å². The van der Waals surface area contributed by atoms with Gasteiger partial charge >= 0.3 is 0 Å². The van der Waals surface area contributed by atoms with Crippen LogP contribution in [0.1, 0.15) is 28.3 Å². The minimum atomic E-state index is 0.332. The van der Waals surface area contributed by atoms with E-state index in [-0.39, 0.29) is 0 Å². The monoisotopic (exact) mass is 401 g/mol. The van der Waals surface area contributed by atoms with Crippen LogP contribution in [0.3, 0.4) is 0 Å². The van der Waals surface area contributed by atoms with Crippen LogP contribution in [0.2, 0.25) is 0 Å². The Morgan fingerprint density at radius 3 is 2.42 bits per heavy atom. The van der Waals surface area contributed by atoms with Crippen LogP contribution >= 0.6 is 43.2 Å². The Kier molecular flexibility index (Phi) is 5.23. The zero-order valence-corrected chi connectivity index (χ0v) is 15.2. The maximum absolute atomic E-state index is 3.65. The molecule has 1 aromatic carbocycles. The molecule has 0 radical (unpaired) electrons. The fraction of sp³-hybridized carbons (Fsp3) is 0.333. The number of nitrogens with one attached hydrogen (secondary N) is 1. The van der Waals surface area contributed by atoms with Gasteiger partial charge in [0.2, 0.25) is 0 Å². The van der Waals surface area contributed by atoms with E-state index in [1.165, 1.54) is 26.0 Å². The van der Waals surface area contributed by atoms with Crippen molar-refractivity contribution < 1.29 is 0 Å². The van der Waals surface area contributed by atoms with Crippen molar-refractivity contribution >= 4 is 43.2 Å². The summed E-state index contributed by atoms with van der Waals surface area (Å²) in [6, 6.07) is 9.24. The Morgan fingerprint density at radius 2 is 1.89 bits per heavy atom. The summed E-state index contributed by atoms with van der Waals surface area (Å²) in [6.07, 6.45) is 0.999. The SMILES string of the molecule is CNC(Cc1ccc(C)c(C)c1)c1cc(Br)sc1Br. The molecule has 0 spiro atoms. The molecule has 1 heterocycles. The van der Waals surface area contributed by atoms with Crippen molar-refractivity contribution in [3.8, 4) is 0 Å². The molecule has 2 rings (SSSR count). The van der Waals surface area contributed by atoms with E-state index in [0.717, 1.165) is 10.2 Å². The predicted molar refractivity (Wildman–Crippen MR) is 91.1 cm³/mol. The van der Waals surface area contributed by atoms with Crippen molar-refractivity contribution in [2.24, 2.45) is 0 Å². The first kappa shape index (κ1) is 15.2. The third kappa shape index (κ3) is 3.69. The van der Waals surface area contributed by atoms with E-state index in [0.29, 0.717) is 6.04 Å². The number of halogens is 2. The summed E-state index contributed by atoms with van der Waals surface area (Å²) < 4.78 is 2.36. The molecule has 1 N–H and O–H groups in total. The number of benzene rings is 1. The fourth-order valence-corrected chi connectivity index (χ4v) is 5.10. The lowest BCUT2D eigenvalue weighted by atomic mass is 9.98. The third-order valence-electron chi connectivity index (χ3n) is 3.42. The first-order valence-electron chi connectivity index (χ1n) is 6.19. The van der Waals surface area contributed by atoms with E-state index in [1.807, 2.05) is 7.05 Å². The molecule has 0 aliphatic rings. The van der Waals surface area contributed by atoms with Gasteiger partial charge in [0, 0.05) is 6.04 Å². The van der Waals surface area contributed by atoms with Gasteiger partial charge in [0.15, 0.2) is 0 Å². The average Bonchev–Trinajstić information content (AvgIpc) is 2.70. The van der Waals surface area contributed by atoms with Crippen molar-refractivity contribution in [2.45, 2.75) is 26.3 Å².